The first-order valence-corrected chi connectivity index (χ1v) is 5.84. The van der Waals surface area contributed by atoms with Crippen LogP contribution in [0, 0.1) is 0 Å². The predicted octanol–water partition coefficient (Wildman–Crippen LogP) is 2.88. The van der Waals surface area contributed by atoms with Crippen molar-refractivity contribution in [3.63, 3.8) is 0 Å². The van der Waals surface area contributed by atoms with Gasteiger partial charge in [0.15, 0.2) is 6.23 Å². The molecule has 1 unspecified atom stereocenters. The van der Waals surface area contributed by atoms with Gasteiger partial charge in [-0.2, -0.15) is 0 Å². The fourth-order valence-corrected chi connectivity index (χ4v) is 1.45. The number of hydrogen-bond donors (Lipinski definition) is 1. The van der Waals surface area contributed by atoms with Crippen molar-refractivity contribution in [3.8, 4) is 0 Å². The molecular formula is C15H19NO2. The van der Waals surface area contributed by atoms with Crippen LogP contribution in [0.1, 0.15) is 25.0 Å². The third-order valence-corrected chi connectivity index (χ3v) is 2.49. The molecule has 0 amide bonds. The van der Waals surface area contributed by atoms with E-state index < -0.39 is 0 Å². The lowest BCUT2D eigenvalue weighted by atomic mass is 10.1. The lowest BCUT2D eigenvalue weighted by Gasteiger charge is -2.15. The summed E-state index contributed by atoms with van der Waals surface area (Å²) < 4.78 is 5.13. The van der Waals surface area contributed by atoms with E-state index in [0.29, 0.717) is 12.1 Å². The zero-order valence-corrected chi connectivity index (χ0v) is 10.9. The molecule has 1 N–H and O–H groups in total. The fourth-order valence-electron chi connectivity index (χ4n) is 1.45. The Kier molecular flexibility index (Phi) is 5.33. The van der Waals surface area contributed by atoms with Gasteiger partial charge in [0.25, 0.3) is 0 Å². The van der Waals surface area contributed by atoms with E-state index in [1.54, 1.807) is 13.8 Å². The highest BCUT2D eigenvalue weighted by Gasteiger charge is 2.09. The highest BCUT2D eigenvalue weighted by Crippen LogP contribution is 2.10. The summed E-state index contributed by atoms with van der Waals surface area (Å²) in [6.07, 6.45) is 1.45. The Morgan fingerprint density at radius 1 is 1.50 bits per heavy atom. The third-order valence-electron chi connectivity index (χ3n) is 2.49. The van der Waals surface area contributed by atoms with E-state index in [1.165, 1.54) is 0 Å². The van der Waals surface area contributed by atoms with E-state index >= 15 is 0 Å². The first kappa shape index (κ1) is 14.2. The molecule has 1 rings (SSSR count). The first-order chi connectivity index (χ1) is 8.54. The van der Waals surface area contributed by atoms with Crippen molar-refractivity contribution in [2.24, 2.45) is 0 Å². The van der Waals surface area contributed by atoms with E-state index in [2.05, 4.69) is 18.5 Å². The summed E-state index contributed by atoms with van der Waals surface area (Å²) in [4.78, 5) is 11.3. The van der Waals surface area contributed by atoms with Crippen LogP contribution < -0.4 is 5.32 Å². The number of carbonyl (C=O) groups excluding carboxylic acids is 1. The largest absolute Gasteiger partial charge is 0.444 e. The number of rotatable bonds is 6. The maximum absolute atomic E-state index is 11.3. The second kappa shape index (κ2) is 6.77. The minimum Gasteiger partial charge on any atom is -0.444 e. The van der Waals surface area contributed by atoms with Crippen LogP contribution in [-0.2, 0) is 16.1 Å². The first-order valence-electron chi connectivity index (χ1n) is 5.84. The van der Waals surface area contributed by atoms with Crippen molar-refractivity contribution in [2.75, 3.05) is 0 Å². The molecule has 0 saturated heterocycles. The normalized spacial score (nSPS) is 11.7. The summed E-state index contributed by atoms with van der Waals surface area (Å²) >= 11 is 0. The van der Waals surface area contributed by atoms with Crippen molar-refractivity contribution in [2.45, 2.75) is 26.6 Å². The molecule has 18 heavy (non-hydrogen) atoms. The van der Waals surface area contributed by atoms with Gasteiger partial charge in [-0.1, -0.05) is 43.5 Å². The number of ether oxygens (including phenoxy) is 1. The Hall–Kier alpha value is -1.87. The molecule has 0 radical (unpaired) electrons. The molecule has 0 saturated carbocycles. The standard InChI is InChI=1S/C15H19NO2/c1-5-13-8-6-7-9-14(13)10-16-12(4)18-15(17)11(2)3/h5-9,12,16H,1-2,10H2,3-4H3. The minimum absolute atomic E-state index is 0.355. The molecule has 0 aliphatic heterocycles. The van der Waals surface area contributed by atoms with Gasteiger partial charge in [-0.3, -0.25) is 5.32 Å². The molecule has 3 heteroatoms. The van der Waals surface area contributed by atoms with Crippen LogP contribution in [0.5, 0.6) is 0 Å². The zero-order valence-electron chi connectivity index (χ0n) is 10.9. The molecule has 3 nitrogen and oxygen atoms in total. The molecule has 0 bridgehead atoms. The second-order valence-corrected chi connectivity index (χ2v) is 4.11. The van der Waals surface area contributed by atoms with Crippen molar-refractivity contribution in [1.29, 1.82) is 0 Å². The van der Waals surface area contributed by atoms with Crippen molar-refractivity contribution >= 4 is 12.0 Å². The summed E-state index contributed by atoms with van der Waals surface area (Å²) in [5.74, 6) is -0.382. The van der Waals surface area contributed by atoms with Crippen LogP contribution in [0.4, 0.5) is 0 Å². The highest BCUT2D eigenvalue weighted by molar-refractivity contribution is 5.87. The van der Waals surface area contributed by atoms with Crippen molar-refractivity contribution in [3.05, 3.63) is 54.1 Å². The van der Waals surface area contributed by atoms with E-state index in [1.807, 2.05) is 30.3 Å². The summed E-state index contributed by atoms with van der Waals surface area (Å²) in [5, 5.41) is 3.13. The molecule has 96 valence electrons. The van der Waals surface area contributed by atoms with Crippen LogP contribution in [0.2, 0.25) is 0 Å². The van der Waals surface area contributed by atoms with Crippen LogP contribution >= 0.6 is 0 Å². The number of benzene rings is 1. The van der Waals surface area contributed by atoms with Crippen LogP contribution in [0.15, 0.2) is 43.0 Å². The lowest BCUT2D eigenvalue weighted by Crippen LogP contribution is -2.31. The van der Waals surface area contributed by atoms with E-state index in [-0.39, 0.29) is 12.2 Å². The van der Waals surface area contributed by atoms with Crippen LogP contribution in [0.3, 0.4) is 0 Å². The SMILES string of the molecule is C=Cc1ccccc1CNC(C)OC(=O)C(=C)C. The quantitative estimate of drug-likeness (QED) is 0.476. The molecule has 0 fully saturated rings. The molecule has 0 aromatic heterocycles. The van der Waals surface area contributed by atoms with E-state index in [0.717, 1.165) is 11.1 Å². The number of hydrogen-bond acceptors (Lipinski definition) is 3. The van der Waals surface area contributed by atoms with Gasteiger partial charge >= 0.3 is 5.97 Å². The van der Waals surface area contributed by atoms with Crippen molar-refractivity contribution in [1.82, 2.24) is 5.32 Å². The average Bonchev–Trinajstić information content (AvgIpc) is 2.36. The monoisotopic (exact) mass is 245 g/mol. The van der Waals surface area contributed by atoms with E-state index in [9.17, 15) is 4.79 Å². The Balaban J connectivity index is 2.52. The number of nitrogens with one attached hydrogen (secondary N) is 1. The Morgan fingerprint density at radius 3 is 2.78 bits per heavy atom. The molecule has 0 spiro atoms. The molecule has 1 atom stereocenters. The van der Waals surface area contributed by atoms with Gasteiger partial charge in [0, 0.05) is 12.1 Å². The van der Waals surface area contributed by atoms with Crippen LogP contribution in [-0.4, -0.2) is 12.2 Å². The number of esters is 1. The third kappa shape index (κ3) is 4.18. The number of carbonyl (C=O) groups is 1. The zero-order chi connectivity index (χ0) is 13.5. The Morgan fingerprint density at radius 2 is 2.17 bits per heavy atom. The van der Waals surface area contributed by atoms with E-state index in [4.69, 9.17) is 4.74 Å². The minimum atomic E-state index is -0.382. The highest BCUT2D eigenvalue weighted by atomic mass is 16.6. The average molecular weight is 245 g/mol. The van der Waals surface area contributed by atoms with Gasteiger partial charge in [-0.15, -0.1) is 0 Å². The Labute approximate surface area is 108 Å². The summed E-state index contributed by atoms with van der Waals surface area (Å²) in [6, 6.07) is 7.94. The van der Waals surface area contributed by atoms with Gasteiger partial charge in [0.05, 0.1) is 0 Å². The second-order valence-electron chi connectivity index (χ2n) is 4.11. The van der Waals surface area contributed by atoms with Crippen molar-refractivity contribution < 1.29 is 9.53 Å². The molecule has 1 aromatic rings. The van der Waals surface area contributed by atoms with Gasteiger partial charge in [0.2, 0.25) is 0 Å². The molecule has 0 aliphatic rings. The molecule has 1 aromatic carbocycles. The summed E-state index contributed by atoms with van der Waals surface area (Å²) in [7, 11) is 0. The molecular weight excluding hydrogens is 226 g/mol. The molecule has 0 aliphatic carbocycles. The maximum Gasteiger partial charge on any atom is 0.334 e. The van der Waals surface area contributed by atoms with Gasteiger partial charge < -0.3 is 4.74 Å². The van der Waals surface area contributed by atoms with Gasteiger partial charge in [-0.25, -0.2) is 4.79 Å². The van der Waals surface area contributed by atoms with Gasteiger partial charge in [0.1, 0.15) is 0 Å². The summed E-state index contributed by atoms with van der Waals surface area (Å²) in [5.41, 5.74) is 2.59. The topological polar surface area (TPSA) is 38.3 Å². The van der Waals surface area contributed by atoms with Crippen LogP contribution in [0.25, 0.3) is 6.08 Å². The fraction of sp³-hybridized carbons (Fsp3) is 0.267. The maximum atomic E-state index is 11.3. The summed E-state index contributed by atoms with van der Waals surface area (Å²) in [6.45, 7) is 11.3. The predicted molar refractivity (Wildman–Crippen MR) is 73.7 cm³/mol. The Bertz CT molecular complexity index is 452. The molecule has 0 heterocycles. The lowest BCUT2D eigenvalue weighted by molar-refractivity contribution is -0.144. The van der Waals surface area contributed by atoms with Gasteiger partial charge in [-0.05, 0) is 25.0 Å². The smallest absolute Gasteiger partial charge is 0.334 e.